The number of benzene rings is 2. The van der Waals surface area contributed by atoms with Crippen LogP contribution in [0.15, 0.2) is 100 Å². The first-order chi connectivity index (χ1) is 24.6. The Morgan fingerprint density at radius 1 is 1.06 bits per heavy atom. The Hall–Kier alpha value is -5.19. The number of fused-ring (bicyclic) bond motifs is 2. The maximum absolute atomic E-state index is 13.3. The number of phenolic OH excluding ortho intramolecular Hbond substituents is 1. The van der Waals surface area contributed by atoms with Crippen LogP contribution in [0.5, 0.6) is 5.75 Å². The maximum atomic E-state index is 13.3. The first-order valence-corrected chi connectivity index (χ1v) is 18.7. The fraction of sp³-hybridized carbons (Fsp3) is 0.229. The zero-order valence-corrected chi connectivity index (χ0v) is 29.3. The summed E-state index contributed by atoms with van der Waals surface area (Å²) in [5, 5.41) is 26.6. The summed E-state index contributed by atoms with van der Waals surface area (Å²) in [6.07, 6.45) is 5.45. The normalized spacial score (nSPS) is 19.3. The van der Waals surface area contributed by atoms with E-state index >= 15 is 0 Å². The molecule has 2 saturated heterocycles. The van der Waals surface area contributed by atoms with Crippen molar-refractivity contribution in [2.45, 2.75) is 35.3 Å². The monoisotopic (exact) mass is 742 g/mol. The number of allylic oxidation sites excluding steroid dienone is 1. The Kier molecular flexibility index (Phi) is 9.79. The number of carbonyl (C=O) groups is 5. The van der Waals surface area contributed by atoms with Crippen LogP contribution >= 0.6 is 34.9 Å². The predicted octanol–water partition coefficient (Wildman–Crippen LogP) is 1.78. The molecule has 0 radical (unpaired) electrons. The topological polar surface area (TPSA) is 176 Å². The number of rotatable bonds is 11. The van der Waals surface area contributed by atoms with Gasteiger partial charge in [0.25, 0.3) is 11.8 Å². The number of thiazole rings is 1. The molecule has 2 fully saturated rings. The molecule has 13 nitrogen and oxygen atoms in total. The van der Waals surface area contributed by atoms with Crippen LogP contribution in [-0.4, -0.2) is 79.0 Å². The molecule has 260 valence electrons. The fourth-order valence-corrected chi connectivity index (χ4v) is 9.18. The number of pyridine rings is 1. The van der Waals surface area contributed by atoms with Crippen molar-refractivity contribution in [1.29, 1.82) is 0 Å². The number of carboxylic acid groups (broad SMARTS) is 1. The molecule has 7 rings (SSSR count). The van der Waals surface area contributed by atoms with E-state index in [-0.39, 0.29) is 47.2 Å². The van der Waals surface area contributed by atoms with Crippen molar-refractivity contribution in [3.05, 3.63) is 102 Å². The molecule has 5 heterocycles. The SMILES string of the molecule is O=C(C[n+]1ccc(CN2CC/C(=C\C3=C(C(=O)[O-])N4C(=O)[C@@H](NC(=O)CSc5nc6ccccc6s5)[C@H]4SC3)C2=O)cc1)Nc1ccc(O)cc1. The highest BCUT2D eigenvalue weighted by Gasteiger charge is 2.52. The lowest BCUT2D eigenvalue weighted by molar-refractivity contribution is -0.684. The van der Waals surface area contributed by atoms with Gasteiger partial charge in [0.15, 0.2) is 16.7 Å². The first kappa shape index (κ1) is 34.3. The lowest BCUT2D eigenvalue weighted by Crippen LogP contribution is -2.71. The van der Waals surface area contributed by atoms with E-state index in [4.69, 9.17) is 0 Å². The molecule has 4 amide bonds. The van der Waals surface area contributed by atoms with Gasteiger partial charge in [-0.05, 0) is 60.0 Å². The standard InChI is InChI=1S/C35H30N6O7S3/c42-24-7-5-23(6-8-24)36-27(43)17-39-12-9-20(10-13-39)16-40-14-11-21(31(40)45)15-22-18-49-33-29(32(46)41(33)30(22)34(47)48)38-28(44)19-50-35-37-25-3-1-2-4-26(25)51-35/h1-10,12-13,15,29,33H,11,14,16-19H2,(H3-,36,38,42,43,44,47,48)/b21-15+/t29-,33-/m1/s1. The van der Waals surface area contributed by atoms with E-state index in [0.717, 1.165) is 25.0 Å². The highest BCUT2D eigenvalue weighted by Crippen LogP contribution is 2.41. The van der Waals surface area contributed by atoms with Crippen molar-refractivity contribution in [3.8, 4) is 5.75 Å². The summed E-state index contributed by atoms with van der Waals surface area (Å²) in [6, 6.07) is 16.6. The van der Waals surface area contributed by atoms with Gasteiger partial charge in [0.05, 0.1) is 27.6 Å². The molecule has 0 bridgehead atoms. The van der Waals surface area contributed by atoms with Crippen molar-refractivity contribution in [2.24, 2.45) is 0 Å². The van der Waals surface area contributed by atoms with Gasteiger partial charge in [-0.25, -0.2) is 4.98 Å². The Labute approximate surface area is 304 Å². The Bertz CT molecular complexity index is 2080. The van der Waals surface area contributed by atoms with Gasteiger partial charge in [-0.1, -0.05) is 23.9 Å². The molecule has 2 aromatic carbocycles. The fourth-order valence-electron chi connectivity index (χ4n) is 5.99. The number of nitrogens with zero attached hydrogens (tertiary/aromatic N) is 4. The largest absolute Gasteiger partial charge is 0.543 e. The number of hydrogen-bond acceptors (Lipinski definition) is 11. The van der Waals surface area contributed by atoms with E-state index < -0.39 is 23.3 Å². The molecule has 0 spiro atoms. The number of aromatic hydroxyl groups is 1. The number of aliphatic carboxylic acids is 1. The third-order valence-electron chi connectivity index (χ3n) is 8.48. The van der Waals surface area contributed by atoms with E-state index in [0.29, 0.717) is 36.3 Å². The van der Waals surface area contributed by atoms with E-state index in [1.807, 2.05) is 36.4 Å². The number of carboxylic acids is 1. The van der Waals surface area contributed by atoms with Crippen molar-refractivity contribution in [1.82, 2.24) is 20.1 Å². The summed E-state index contributed by atoms with van der Waals surface area (Å²) in [4.78, 5) is 71.2. The predicted molar refractivity (Wildman–Crippen MR) is 189 cm³/mol. The number of nitrogens with one attached hydrogen (secondary N) is 2. The molecule has 2 aromatic heterocycles. The first-order valence-electron chi connectivity index (χ1n) is 15.9. The number of amides is 4. The van der Waals surface area contributed by atoms with Gasteiger partial charge < -0.3 is 30.5 Å². The minimum absolute atomic E-state index is 0.0579. The number of β-lactam (4-membered cyclic amide) rings is 1. The quantitative estimate of drug-likeness (QED) is 0.0676. The van der Waals surface area contributed by atoms with Gasteiger partial charge in [-0.2, -0.15) is 4.57 Å². The van der Waals surface area contributed by atoms with Crippen molar-refractivity contribution in [3.63, 3.8) is 0 Å². The van der Waals surface area contributed by atoms with Gasteiger partial charge in [0, 0.05) is 42.2 Å². The van der Waals surface area contributed by atoms with Crippen molar-refractivity contribution in [2.75, 3.05) is 23.4 Å². The molecule has 3 aliphatic rings. The van der Waals surface area contributed by atoms with E-state index in [9.17, 15) is 34.2 Å². The number of carbonyl (C=O) groups excluding carboxylic acids is 5. The number of thioether (sulfide) groups is 2. The molecule has 0 saturated carbocycles. The Morgan fingerprint density at radius 3 is 2.57 bits per heavy atom. The molecule has 3 N–H and O–H groups in total. The van der Waals surface area contributed by atoms with E-state index in [2.05, 4.69) is 15.6 Å². The minimum atomic E-state index is -1.52. The number of likely N-dealkylation sites (tertiary alicyclic amines) is 1. The second-order valence-electron chi connectivity index (χ2n) is 12.0. The lowest BCUT2D eigenvalue weighted by Gasteiger charge is -2.50. The van der Waals surface area contributed by atoms with Crippen molar-refractivity contribution >= 4 is 80.4 Å². The zero-order chi connectivity index (χ0) is 35.6. The van der Waals surface area contributed by atoms with Crippen LogP contribution in [0.3, 0.4) is 0 Å². The van der Waals surface area contributed by atoms with Crippen molar-refractivity contribution < 1.29 is 38.8 Å². The molecule has 16 heteroatoms. The van der Waals surface area contributed by atoms with Crippen LogP contribution in [0.1, 0.15) is 12.0 Å². The van der Waals surface area contributed by atoms with E-state index in [1.54, 1.807) is 40.1 Å². The van der Waals surface area contributed by atoms with Gasteiger partial charge in [-0.3, -0.25) is 24.1 Å². The molecule has 0 aliphatic carbocycles. The number of anilines is 1. The van der Waals surface area contributed by atoms with Gasteiger partial charge in [0.1, 0.15) is 17.2 Å². The molecular formula is C35H30N6O7S3. The third-order valence-corrected chi connectivity index (χ3v) is 12.0. The molecule has 51 heavy (non-hydrogen) atoms. The summed E-state index contributed by atoms with van der Waals surface area (Å²) < 4.78 is 3.45. The molecular weight excluding hydrogens is 713 g/mol. The molecule has 3 aliphatic heterocycles. The molecule has 2 atom stereocenters. The Morgan fingerprint density at radius 2 is 1.82 bits per heavy atom. The zero-order valence-electron chi connectivity index (χ0n) is 26.8. The summed E-state index contributed by atoms with van der Waals surface area (Å²) in [5.74, 6) is -2.50. The summed E-state index contributed by atoms with van der Waals surface area (Å²) in [5.41, 5.74) is 2.74. The van der Waals surface area contributed by atoms with Crippen LogP contribution in [0.2, 0.25) is 0 Å². The molecule has 0 unspecified atom stereocenters. The summed E-state index contributed by atoms with van der Waals surface area (Å²) >= 11 is 4.08. The Balaban J connectivity index is 0.940. The average Bonchev–Trinajstić information content (AvgIpc) is 3.70. The third kappa shape index (κ3) is 7.48. The second kappa shape index (κ2) is 14.6. The second-order valence-corrected chi connectivity index (χ2v) is 15.3. The number of para-hydroxylation sites is 1. The lowest BCUT2D eigenvalue weighted by atomic mass is 10.0. The summed E-state index contributed by atoms with van der Waals surface area (Å²) in [6.45, 7) is 0.829. The number of aromatic nitrogens is 2. The van der Waals surface area contributed by atoms with Crippen LogP contribution in [0.4, 0.5) is 5.69 Å². The highest BCUT2D eigenvalue weighted by molar-refractivity contribution is 8.01. The number of phenols is 1. The van der Waals surface area contributed by atoms with Crippen LogP contribution < -0.4 is 20.3 Å². The van der Waals surface area contributed by atoms with Crippen LogP contribution in [0, 0.1) is 0 Å². The smallest absolute Gasteiger partial charge is 0.290 e. The van der Waals surface area contributed by atoms with Gasteiger partial charge in [0.2, 0.25) is 18.4 Å². The van der Waals surface area contributed by atoms with E-state index in [1.165, 1.54) is 47.0 Å². The summed E-state index contributed by atoms with van der Waals surface area (Å²) in [7, 11) is 0. The highest BCUT2D eigenvalue weighted by atomic mass is 32.2. The van der Waals surface area contributed by atoms with Crippen LogP contribution in [0.25, 0.3) is 10.2 Å². The number of hydrogen-bond donors (Lipinski definition) is 3. The molecule has 4 aromatic rings. The minimum Gasteiger partial charge on any atom is -0.543 e. The van der Waals surface area contributed by atoms with Gasteiger partial charge >= 0.3 is 0 Å². The maximum Gasteiger partial charge on any atom is 0.290 e. The van der Waals surface area contributed by atoms with Gasteiger partial charge in [-0.15, -0.1) is 23.1 Å². The average molecular weight is 743 g/mol. The van der Waals surface area contributed by atoms with Crippen LogP contribution in [-0.2, 0) is 37.1 Å².